The minimum Gasteiger partial charge on any atom is -0.398 e. The number of anilines is 1. The van der Waals surface area contributed by atoms with Crippen LogP contribution in [0.1, 0.15) is 5.56 Å². The third-order valence-corrected chi connectivity index (χ3v) is 1.79. The molecule has 0 atom stereocenters. The summed E-state index contributed by atoms with van der Waals surface area (Å²) in [4.78, 5) is 19.1. The van der Waals surface area contributed by atoms with E-state index in [1.165, 1.54) is 0 Å². The Morgan fingerprint density at radius 3 is 2.27 bits per heavy atom. The summed E-state index contributed by atoms with van der Waals surface area (Å²) in [5.41, 5.74) is 3.42. The van der Waals surface area contributed by atoms with Gasteiger partial charge in [0.2, 0.25) is 0 Å². The Labute approximate surface area is 82.6 Å². The van der Waals surface area contributed by atoms with Gasteiger partial charge < -0.3 is 5.73 Å². The fraction of sp³-hybridized carbons (Fsp3) is 0.143. The Bertz CT molecular complexity index is 434. The van der Waals surface area contributed by atoms with Crippen LogP contribution in [0.4, 0.5) is 21.5 Å². The van der Waals surface area contributed by atoms with Gasteiger partial charge in [-0.2, -0.15) is 0 Å². The summed E-state index contributed by atoms with van der Waals surface area (Å²) in [5.74, 6) is 0. The van der Waals surface area contributed by atoms with Crippen molar-refractivity contribution in [2.75, 3.05) is 5.73 Å². The highest BCUT2D eigenvalue weighted by Gasteiger charge is 2.22. The number of hydrogen-bond donors (Lipinski definition) is 1. The van der Waals surface area contributed by atoms with E-state index in [1.807, 2.05) is 0 Å². The van der Waals surface area contributed by atoms with Crippen LogP contribution in [0, 0.1) is 20.2 Å². The molecule has 0 aliphatic carbocycles. The fourth-order valence-electron chi connectivity index (χ4n) is 1.08. The van der Waals surface area contributed by atoms with Gasteiger partial charge in [-0.25, -0.2) is 4.39 Å². The number of benzene rings is 1. The van der Waals surface area contributed by atoms with Crippen molar-refractivity contribution in [3.8, 4) is 0 Å². The van der Waals surface area contributed by atoms with E-state index in [4.69, 9.17) is 5.73 Å². The van der Waals surface area contributed by atoms with Crippen LogP contribution in [0.5, 0.6) is 0 Å². The molecule has 0 bridgehead atoms. The fourth-order valence-corrected chi connectivity index (χ4v) is 1.08. The second-order valence-corrected chi connectivity index (χ2v) is 2.68. The predicted molar refractivity (Wildman–Crippen MR) is 49.0 cm³/mol. The van der Waals surface area contributed by atoms with Gasteiger partial charge in [-0.1, -0.05) is 0 Å². The first-order chi connectivity index (χ1) is 6.97. The van der Waals surface area contributed by atoms with Gasteiger partial charge >= 0.3 is 0 Å². The van der Waals surface area contributed by atoms with Crippen molar-refractivity contribution in [3.05, 3.63) is 37.9 Å². The Kier molecular flexibility index (Phi) is 2.79. The van der Waals surface area contributed by atoms with E-state index in [9.17, 15) is 24.6 Å². The van der Waals surface area contributed by atoms with Gasteiger partial charge in [0.25, 0.3) is 11.4 Å². The molecule has 2 N–H and O–H groups in total. The lowest BCUT2D eigenvalue weighted by molar-refractivity contribution is -0.394. The summed E-state index contributed by atoms with van der Waals surface area (Å²) >= 11 is 0. The van der Waals surface area contributed by atoms with E-state index < -0.39 is 27.9 Å². The van der Waals surface area contributed by atoms with Gasteiger partial charge in [0.1, 0.15) is 6.67 Å². The van der Waals surface area contributed by atoms with Crippen LogP contribution in [0.3, 0.4) is 0 Å². The van der Waals surface area contributed by atoms with Crippen molar-refractivity contribution in [3.63, 3.8) is 0 Å². The summed E-state index contributed by atoms with van der Waals surface area (Å²) in [5, 5.41) is 20.8. The SMILES string of the molecule is Nc1cc([N+](=O)[O-])cc([N+](=O)[O-])c1CF. The highest BCUT2D eigenvalue weighted by Crippen LogP contribution is 2.30. The van der Waals surface area contributed by atoms with Crippen molar-refractivity contribution in [2.45, 2.75) is 6.67 Å². The molecule has 0 aromatic heterocycles. The number of alkyl halides is 1. The van der Waals surface area contributed by atoms with E-state index in [0.717, 1.165) is 6.07 Å². The maximum atomic E-state index is 12.4. The Morgan fingerprint density at radius 1 is 1.27 bits per heavy atom. The van der Waals surface area contributed by atoms with Gasteiger partial charge in [-0.15, -0.1) is 0 Å². The molecule has 15 heavy (non-hydrogen) atoms. The first-order valence-electron chi connectivity index (χ1n) is 3.74. The molecule has 0 fully saturated rings. The largest absolute Gasteiger partial charge is 0.398 e. The normalized spacial score (nSPS) is 9.93. The zero-order valence-electron chi connectivity index (χ0n) is 7.34. The summed E-state index contributed by atoms with van der Waals surface area (Å²) in [7, 11) is 0. The molecule has 0 radical (unpaired) electrons. The molecule has 1 aromatic carbocycles. The second-order valence-electron chi connectivity index (χ2n) is 2.68. The molecule has 1 rings (SSSR count). The van der Waals surface area contributed by atoms with Gasteiger partial charge in [0.05, 0.1) is 27.2 Å². The molecule has 0 aliphatic heterocycles. The number of non-ortho nitro benzene ring substituents is 1. The first-order valence-corrected chi connectivity index (χ1v) is 3.74. The minimum atomic E-state index is -1.14. The number of nitro benzene ring substituents is 2. The standard InChI is InChI=1S/C7H6FN3O4/c8-3-5-6(9)1-4(10(12)13)2-7(5)11(14)15/h1-2H,3,9H2. The molecule has 0 amide bonds. The Morgan fingerprint density at radius 2 is 1.87 bits per heavy atom. The number of nitro groups is 2. The monoisotopic (exact) mass is 215 g/mol. The predicted octanol–water partition coefficient (Wildman–Crippen LogP) is 1.55. The molecule has 0 saturated carbocycles. The van der Waals surface area contributed by atoms with E-state index in [2.05, 4.69) is 0 Å². The van der Waals surface area contributed by atoms with Gasteiger partial charge in [0, 0.05) is 6.07 Å². The first kappa shape index (κ1) is 10.8. The molecule has 1 aromatic rings. The number of halogens is 1. The van der Waals surface area contributed by atoms with Crippen molar-refractivity contribution >= 4 is 17.1 Å². The zero-order valence-corrected chi connectivity index (χ0v) is 7.34. The quantitative estimate of drug-likeness (QED) is 0.467. The van der Waals surface area contributed by atoms with Gasteiger partial charge in [-0.05, 0) is 0 Å². The minimum absolute atomic E-state index is 0.293. The van der Waals surface area contributed by atoms with E-state index in [-0.39, 0.29) is 11.3 Å². The second kappa shape index (κ2) is 3.86. The van der Waals surface area contributed by atoms with Crippen molar-refractivity contribution in [2.24, 2.45) is 0 Å². The third kappa shape index (κ3) is 1.98. The average molecular weight is 215 g/mol. The van der Waals surface area contributed by atoms with Crippen LogP contribution in [0.15, 0.2) is 12.1 Å². The van der Waals surface area contributed by atoms with E-state index in [1.54, 1.807) is 0 Å². The van der Waals surface area contributed by atoms with Crippen LogP contribution < -0.4 is 5.73 Å². The summed E-state index contributed by atoms with van der Waals surface area (Å²) < 4.78 is 12.4. The summed E-state index contributed by atoms with van der Waals surface area (Å²) in [6, 6.07) is 1.58. The lowest BCUT2D eigenvalue weighted by Gasteiger charge is -2.02. The van der Waals surface area contributed by atoms with Crippen LogP contribution in [0.2, 0.25) is 0 Å². The highest BCUT2D eigenvalue weighted by molar-refractivity contribution is 5.63. The average Bonchev–Trinajstić information content (AvgIpc) is 2.16. The van der Waals surface area contributed by atoms with E-state index >= 15 is 0 Å². The van der Waals surface area contributed by atoms with Gasteiger partial charge in [0.15, 0.2) is 0 Å². The topological polar surface area (TPSA) is 112 Å². The number of nitrogens with two attached hydrogens (primary N) is 1. The molecule has 0 saturated heterocycles. The molecular formula is C7H6FN3O4. The summed E-state index contributed by atoms with van der Waals surface area (Å²) in [6.07, 6.45) is 0. The van der Waals surface area contributed by atoms with Gasteiger partial charge in [-0.3, -0.25) is 20.2 Å². The smallest absolute Gasteiger partial charge is 0.284 e. The van der Waals surface area contributed by atoms with Crippen LogP contribution >= 0.6 is 0 Å². The van der Waals surface area contributed by atoms with E-state index in [0.29, 0.717) is 6.07 Å². The Balaban J connectivity index is 3.45. The van der Waals surface area contributed by atoms with Crippen molar-refractivity contribution in [1.82, 2.24) is 0 Å². The van der Waals surface area contributed by atoms with Crippen LogP contribution in [-0.4, -0.2) is 9.85 Å². The number of rotatable bonds is 3. The van der Waals surface area contributed by atoms with Crippen molar-refractivity contribution in [1.29, 1.82) is 0 Å². The third-order valence-electron chi connectivity index (χ3n) is 1.79. The highest BCUT2D eigenvalue weighted by atomic mass is 19.1. The maximum Gasteiger partial charge on any atom is 0.284 e. The molecule has 0 aliphatic rings. The molecule has 0 spiro atoms. The molecular weight excluding hydrogens is 209 g/mol. The zero-order chi connectivity index (χ0) is 11.6. The van der Waals surface area contributed by atoms with Crippen molar-refractivity contribution < 1.29 is 14.2 Å². The number of hydrogen-bond acceptors (Lipinski definition) is 5. The maximum absolute atomic E-state index is 12.4. The lowest BCUT2D eigenvalue weighted by Crippen LogP contribution is -2.01. The molecule has 80 valence electrons. The Hall–Kier alpha value is -2.25. The molecule has 0 heterocycles. The number of nitrogen functional groups attached to an aromatic ring is 1. The number of nitrogens with zero attached hydrogens (tertiary/aromatic N) is 2. The van der Waals surface area contributed by atoms with Crippen LogP contribution in [0.25, 0.3) is 0 Å². The summed E-state index contributed by atoms with van der Waals surface area (Å²) in [6.45, 7) is -1.14. The van der Waals surface area contributed by atoms with Crippen LogP contribution in [-0.2, 0) is 6.67 Å². The molecule has 8 heteroatoms. The molecule has 0 unspecified atom stereocenters. The lowest BCUT2D eigenvalue weighted by atomic mass is 10.1. The molecule has 7 nitrogen and oxygen atoms in total.